The van der Waals surface area contributed by atoms with Gasteiger partial charge in [0.2, 0.25) is 0 Å². The topological polar surface area (TPSA) is 50.3 Å². The van der Waals surface area contributed by atoms with Gasteiger partial charge in [-0.3, -0.25) is 4.98 Å². The zero-order valence-electron chi connectivity index (χ0n) is 15.4. The maximum atomic E-state index is 5.37. The number of methoxy groups -OCH3 is 1. The first-order valence-electron chi connectivity index (χ1n) is 8.61. The molecule has 0 aliphatic heterocycles. The predicted molar refractivity (Wildman–Crippen MR) is 109 cm³/mol. The van der Waals surface area contributed by atoms with Crippen LogP contribution < -0.4 is 10.1 Å². The molecule has 134 valence electrons. The third-order valence-corrected chi connectivity index (χ3v) is 4.06. The Kier molecular flexibility index (Phi) is 5.81. The molecule has 0 bridgehead atoms. The Balaban J connectivity index is 1.95. The minimum atomic E-state index is 0.829. The van der Waals surface area contributed by atoms with Gasteiger partial charge >= 0.3 is 0 Å². The van der Waals surface area contributed by atoms with Gasteiger partial charge < -0.3 is 15.0 Å². The van der Waals surface area contributed by atoms with Crippen molar-refractivity contribution in [1.82, 2.24) is 14.9 Å². The molecule has 1 N–H and O–H groups in total. The number of ether oxygens (including phenoxy) is 1. The fraction of sp³-hybridized carbons (Fsp3) is 0.238. The summed E-state index contributed by atoms with van der Waals surface area (Å²) in [5, 5.41) is 4.59. The van der Waals surface area contributed by atoms with Crippen molar-refractivity contribution in [3.05, 3.63) is 60.0 Å². The zero-order valence-corrected chi connectivity index (χ0v) is 15.4. The Morgan fingerprint density at radius 1 is 1.08 bits per heavy atom. The highest BCUT2D eigenvalue weighted by atomic mass is 16.5. The van der Waals surface area contributed by atoms with Crippen molar-refractivity contribution in [2.75, 3.05) is 39.6 Å². The van der Waals surface area contributed by atoms with Crippen LogP contribution in [-0.2, 0) is 0 Å². The van der Waals surface area contributed by atoms with Crippen LogP contribution in [0.3, 0.4) is 0 Å². The van der Waals surface area contributed by atoms with E-state index in [9.17, 15) is 0 Å². The van der Waals surface area contributed by atoms with E-state index in [1.165, 1.54) is 0 Å². The van der Waals surface area contributed by atoms with Gasteiger partial charge in [0.05, 0.1) is 18.3 Å². The number of anilines is 1. The lowest BCUT2D eigenvalue weighted by Crippen LogP contribution is -2.20. The summed E-state index contributed by atoms with van der Waals surface area (Å²) in [6.45, 7) is 1.81. The van der Waals surface area contributed by atoms with Crippen LogP contribution in [0, 0.1) is 0 Å². The van der Waals surface area contributed by atoms with Crippen molar-refractivity contribution in [2.45, 2.75) is 0 Å². The highest BCUT2D eigenvalue weighted by Crippen LogP contribution is 2.28. The predicted octanol–water partition coefficient (Wildman–Crippen LogP) is 3.78. The molecular formula is C21H24N4O. The van der Waals surface area contributed by atoms with E-state index in [1.54, 1.807) is 19.5 Å². The van der Waals surface area contributed by atoms with Crippen molar-refractivity contribution in [3.63, 3.8) is 0 Å². The summed E-state index contributed by atoms with van der Waals surface area (Å²) in [5.41, 5.74) is 4.01. The quantitative estimate of drug-likeness (QED) is 0.704. The molecule has 3 rings (SSSR count). The molecule has 0 aliphatic carbocycles. The lowest BCUT2D eigenvalue weighted by atomic mass is 10.1. The molecule has 5 nitrogen and oxygen atoms in total. The number of fused-ring (bicyclic) bond motifs is 1. The SMILES string of the molecule is COc1ccc2nc(/C=C/c3ccncc3)cc(NCCN(C)C)c2c1. The summed E-state index contributed by atoms with van der Waals surface area (Å²) < 4.78 is 5.37. The van der Waals surface area contributed by atoms with Crippen molar-refractivity contribution >= 4 is 28.7 Å². The van der Waals surface area contributed by atoms with Crippen LogP contribution in [0.15, 0.2) is 48.8 Å². The molecule has 2 heterocycles. The molecule has 0 spiro atoms. The number of benzene rings is 1. The number of hydrogen-bond acceptors (Lipinski definition) is 5. The minimum Gasteiger partial charge on any atom is -0.497 e. The molecule has 0 radical (unpaired) electrons. The van der Waals surface area contributed by atoms with Crippen LogP contribution in [-0.4, -0.2) is 49.2 Å². The van der Waals surface area contributed by atoms with Crippen LogP contribution >= 0.6 is 0 Å². The first kappa shape index (κ1) is 17.9. The first-order valence-corrected chi connectivity index (χ1v) is 8.61. The lowest BCUT2D eigenvalue weighted by Gasteiger charge is -2.14. The van der Waals surface area contributed by atoms with E-state index < -0.39 is 0 Å². The lowest BCUT2D eigenvalue weighted by molar-refractivity contribution is 0.415. The summed E-state index contributed by atoms with van der Waals surface area (Å²) in [6, 6.07) is 12.0. The van der Waals surface area contributed by atoms with Gasteiger partial charge in [-0.15, -0.1) is 0 Å². The molecule has 0 saturated carbocycles. The maximum absolute atomic E-state index is 5.37. The third kappa shape index (κ3) is 4.58. The molecule has 5 heteroatoms. The molecule has 0 saturated heterocycles. The van der Waals surface area contributed by atoms with Crippen molar-refractivity contribution < 1.29 is 4.74 Å². The smallest absolute Gasteiger partial charge is 0.119 e. The monoisotopic (exact) mass is 348 g/mol. The first-order chi connectivity index (χ1) is 12.7. The fourth-order valence-corrected chi connectivity index (χ4v) is 2.65. The molecule has 1 aromatic carbocycles. The molecular weight excluding hydrogens is 324 g/mol. The number of pyridine rings is 2. The Morgan fingerprint density at radius 2 is 1.88 bits per heavy atom. The van der Waals surface area contributed by atoms with Gasteiger partial charge in [-0.25, -0.2) is 4.98 Å². The summed E-state index contributed by atoms with van der Waals surface area (Å²) in [6.07, 6.45) is 7.64. The van der Waals surface area contributed by atoms with Crippen LogP contribution in [0.4, 0.5) is 5.69 Å². The van der Waals surface area contributed by atoms with Crippen molar-refractivity contribution in [2.24, 2.45) is 0 Å². The van der Waals surface area contributed by atoms with Gasteiger partial charge in [0.25, 0.3) is 0 Å². The second kappa shape index (κ2) is 8.45. The van der Waals surface area contributed by atoms with Gasteiger partial charge in [-0.1, -0.05) is 6.08 Å². The van der Waals surface area contributed by atoms with Crippen LogP contribution in [0.2, 0.25) is 0 Å². The second-order valence-electron chi connectivity index (χ2n) is 6.32. The number of likely N-dealkylation sites (N-methyl/N-ethyl adjacent to an activating group) is 1. The van der Waals surface area contributed by atoms with Crippen LogP contribution in [0.1, 0.15) is 11.3 Å². The van der Waals surface area contributed by atoms with E-state index in [0.717, 1.165) is 46.7 Å². The molecule has 2 aromatic heterocycles. The average Bonchev–Trinajstić information content (AvgIpc) is 2.66. The van der Waals surface area contributed by atoms with Gasteiger partial charge in [0.1, 0.15) is 5.75 Å². The molecule has 26 heavy (non-hydrogen) atoms. The van der Waals surface area contributed by atoms with Gasteiger partial charge in [-0.05, 0) is 62.1 Å². The van der Waals surface area contributed by atoms with Crippen LogP contribution in [0.5, 0.6) is 5.75 Å². The van der Waals surface area contributed by atoms with E-state index in [0.29, 0.717) is 0 Å². The minimum absolute atomic E-state index is 0.829. The maximum Gasteiger partial charge on any atom is 0.119 e. The summed E-state index contributed by atoms with van der Waals surface area (Å²) in [7, 11) is 5.82. The van der Waals surface area contributed by atoms with Gasteiger partial charge in [-0.2, -0.15) is 0 Å². The molecule has 0 atom stereocenters. The highest BCUT2D eigenvalue weighted by Gasteiger charge is 2.06. The van der Waals surface area contributed by atoms with E-state index in [4.69, 9.17) is 9.72 Å². The van der Waals surface area contributed by atoms with Crippen molar-refractivity contribution in [1.29, 1.82) is 0 Å². The molecule has 0 amide bonds. The molecule has 3 aromatic rings. The van der Waals surface area contributed by atoms with Gasteiger partial charge in [0, 0.05) is 36.6 Å². The van der Waals surface area contributed by atoms with E-state index in [-0.39, 0.29) is 0 Å². The fourth-order valence-electron chi connectivity index (χ4n) is 2.65. The average molecular weight is 348 g/mol. The highest BCUT2D eigenvalue weighted by molar-refractivity contribution is 5.93. The number of nitrogens with zero attached hydrogens (tertiary/aromatic N) is 3. The van der Waals surface area contributed by atoms with Crippen molar-refractivity contribution in [3.8, 4) is 5.75 Å². The number of nitrogens with one attached hydrogen (secondary N) is 1. The Labute approximate surface area is 154 Å². The standard InChI is InChI=1S/C21H24N4O/c1-25(2)13-12-23-21-14-17(5-4-16-8-10-22-11-9-16)24-20-7-6-18(26-3)15-19(20)21/h4-11,14-15H,12-13H2,1-3H3,(H,23,24)/b5-4+. The normalized spacial score (nSPS) is 11.4. The summed E-state index contributed by atoms with van der Waals surface area (Å²) >= 11 is 0. The van der Waals surface area contributed by atoms with E-state index in [2.05, 4.69) is 35.4 Å². The molecule has 0 fully saturated rings. The Morgan fingerprint density at radius 3 is 2.62 bits per heavy atom. The zero-order chi connectivity index (χ0) is 18.4. The summed E-state index contributed by atoms with van der Waals surface area (Å²) in [4.78, 5) is 11.0. The number of hydrogen-bond donors (Lipinski definition) is 1. The molecule has 0 unspecified atom stereocenters. The number of rotatable bonds is 7. The van der Waals surface area contributed by atoms with E-state index >= 15 is 0 Å². The third-order valence-electron chi connectivity index (χ3n) is 4.06. The number of aromatic nitrogens is 2. The second-order valence-corrected chi connectivity index (χ2v) is 6.32. The molecule has 0 aliphatic rings. The Hall–Kier alpha value is -2.92. The van der Waals surface area contributed by atoms with Gasteiger partial charge in [0.15, 0.2) is 0 Å². The largest absolute Gasteiger partial charge is 0.497 e. The van der Waals surface area contributed by atoms with Crippen LogP contribution in [0.25, 0.3) is 23.1 Å². The van der Waals surface area contributed by atoms with E-state index in [1.807, 2.05) is 42.5 Å². The summed E-state index contributed by atoms with van der Waals surface area (Å²) in [5.74, 6) is 0.829. The Bertz CT molecular complexity index is 891.